The first kappa shape index (κ1) is 16.3. The minimum absolute atomic E-state index is 0.0885. The molecule has 0 bridgehead atoms. The fraction of sp³-hybridized carbons (Fsp3) is 0.474. The molecule has 3 heterocycles. The molecule has 0 aliphatic carbocycles. The number of fused-ring (bicyclic) bond motifs is 2. The molecule has 4 rings (SSSR count). The molecule has 2 aromatic rings. The Bertz CT molecular complexity index is 876. The molecule has 1 amide bonds. The normalized spacial score (nSPS) is 26.6. The Labute approximate surface area is 146 Å². The van der Waals surface area contributed by atoms with Gasteiger partial charge < -0.3 is 15.0 Å². The van der Waals surface area contributed by atoms with Crippen LogP contribution in [-0.4, -0.2) is 53.7 Å². The second-order valence-corrected chi connectivity index (χ2v) is 7.25. The molecule has 25 heavy (non-hydrogen) atoms. The van der Waals surface area contributed by atoms with Crippen molar-refractivity contribution in [3.8, 4) is 0 Å². The molecule has 1 aromatic carbocycles. The summed E-state index contributed by atoms with van der Waals surface area (Å²) in [6.07, 6.45) is 1.13. The van der Waals surface area contributed by atoms with Gasteiger partial charge in [0.2, 0.25) is 5.56 Å². The minimum Gasteiger partial charge on any atom is -0.376 e. The number of morpholine rings is 1. The van der Waals surface area contributed by atoms with Crippen LogP contribution in [0.3, 0.4) is 0 Å². The van der Waals surface area contributed by atoms with Crippen molar-refractivity contribution in [2.45, 2.75) is 38.5 Å². The summed E-state index contributed by atoms with van der Waals surface area (Å²) in [4.78, 5) is 29.9. The fourth-order valence-corrected chi connectivity index (χ4v) is 3.96. The number of rotatable bonds is 2. The highest BCUT2D eigenvalue weighted by Gasteiger charge is 2.36. The maximum Gasteiger partial charge on any atom is 0.252 e. The van der Waals surface area contributed by atoms with Gasteiger partial charge in [-0.05, 0) is 32.4 Å². The third-order valence-corrected chi connectivity index (χ3v) is 5.17. The number of hydrogen-bond donors (Lipinski definition) is 2. The molecule has 6 nitrogen and oxygen atoms in total. The van der Waals surface area contributed by atoms with E-state index >= 15 is 0 Å². The van der Waals surface area contributed by atoms with E-state index in [0.29, 0.717) is 17.1 Å². The van der Waals surface area contributed by atoms with Crippen molar-refractivity contribution in [1.29, 1.82) is 0 Å². The zero-order valence-electron chi connectivity index (χ0n) is 14.5. The quantitative estimate of drug-likeness (QED) is 0.867. The number of nitrogens with one attached hydrogen (secondary N) is 2. The van der Waals surface area contributed by atoms with Gasteiger partial charge in [-0.3, -0.25) is 14.5 Å². The van der Waals surface area contributed by atoms with E-state index in [9.17, 15) is 9.59 Å². The molecule has 2 fully saturated rings. The van der Waals surface area contributed by atoms with E-state index in [2.05, 4.69) is 22.1 Å². The van der Waals surface area contributed by atoms with Gasteiger partial charge in [-0.15, -0.1) is 0 Å². The molecular weight excluding hydrogens is 318 g/mol. The van der Waals surface area contributed by atoms with Crippen LogP contribution in [0.4, 0.5) is 0 Å². The number of nitrogens with zero attached hydrogens (tertiary/aromatic N) is 1. The summed E-state index contributed by atoms with van der Waals surface area (Å²) < 4.78 is 5.72. The molecule has 2 aliphatic heterocycles. The van der Waals surface area contributed by atoms with Gasteiger partial charge in [0.1, 0.15) is 0 Å². The molecule has 2 saturated heterocycles. The largest absolute Gasteiger partial charge is 0.376 e. The lowest BCUT2D eigenvalue weighted by Crippen LogP contribution is -2.45. The summed E-state index contributed by atoms with van der Waals surface area (Å²) in [6, 6.07) is 7.57. The van der Waals surface area contributed by atoms with Crippen molar-refractivity contribution in [2.24, 2.45) is 0 Å². The molecule has 0 saturated carbocycles. The Morgan fingerprint density at radius 1 is 1.32 bits per heavy atom. The van der Waals surface area contributed by atoms with Crippen molar-refractivity contribution in [3.05, 3.63) is 45.7 Å². The Hall–Kier alpha value is -2.18. The number of carbonyl (C=O) groups is 1. The molecule has 0 unspecified atom stereocenters. The summed E-state index contributed by atoms with van der Waals surface area (Å²) in [5, 5.41) is 3.90. The number of aromatic amines is 1. The monoisotopic (exact) mass is 341 g/mol. The Morgan fingerprint density at radius 3 is 3.00 bits per heavy atom. The summed E-state index contributed by atoms with van der Waals surface area (Å²) in [5.74, 6) is -0.180. The average molecular weight is 341 g/mol. The molecule has 3 atom stereocenters. The second-order valence-electron chi connectivity index (χ2n) is 7.25. The first-order valence-electron chi connectivity index (χ1n) is 8.80. The Kier molecular flexibility index (Phi) is 4.09. The smallest absolute Gasteiger partial charge is 0.252 e. The first-order valence-corrected chi connectivity index (χ1v) is 8.80. The van der Waals surface area contributed by atoms with Crippen LogP contribution < -0.4 is 10.9 Å². The van der Waals surface area contributed by atoms with Crippen LogP contribution in [0.25, 0.3) is 10.9 Å². The van der Waals surface area contributed by atoms with Crippen LogP contribution in [0.1, 0.15) is 29.3 Å². The lowest BCUT2D eigenvalue weighted by molar-refractivity contribution is -0.0390. The Morgan fingerprint density at radius 2 is 2.16 bits per heavy atom. The van der Waals surface area contributed by atoms with Gasteiger partial charge in [-0.2, -0.15) is 0 Å². The highest BCUT2D eigenvalue weighted by molar-refractivity contribution is 6.06. The van der Waals surface area contributed by atoms with Gasteiger partial charge in [-0.25, -0.2) is 0 Å². The maximum absolute atomic E-state index is 12.8. The molecule has 0 spiro atoms. The number of pyridine rings is 1. The Balaban J connectivity index is 1.57. The third kappa shape index (κ3) is 3.19. The van der Waals surface area contributed by atoms with Gasteiger partial charge in [-0.1, -0.05) is 11.6 Å². The molecule has 0 radical (unpaired) electrons. The number of ether oxygens (including phenoxy) is 1. The van der Waals surface area contributed by atoms with Crippen LogP contribution in [-0.2, 0) is 4.74 Å². The summed E-state index contributed by atoms with van der Waals surface area (Å²) in [5.41, 5.74) is 1.93. The predicted octanol–water partition coefficient (Wildman–Crippen LogP) is 1.43. The highest BCUT2D eigenvalue weighted by Crippen LogP contribution is 2.24. The highest BCUT2D eigenvalue weighted by atomic mass is 16.5. The number of aromatic nitrogens is 1. The fourth-order valence-electron chi connectivity index (χ4n) is 3.96. The lowest BCUT2D eigenvalue weighted by atomic mass is 10.1. The van der Waals surface area contributed by atoms with Crippen molar-refractivity contribution < 1.29 is 9.53 Å². The maximum atomic E-state index is 12.8. The molecule has 6 heteroatoms. The van der Waals surface area contributed by atoms with Crippen LogP contribution >= 0.6 is 0 Å². The summed E-state index contributed by atoms with van der Waals surface area (Å²) >= 11 is 0. The zero-order chi connectivity index (χ0) is 17.6. The van der Waals surface area contributed by atoms with Gasteiger partial charge >= 0.3 is 0 Å². The SMILES string of the molecule is Cc1ccc2[nH]c(=O)cc(C(=O)N[C@H]3C[C@H]4CO[C@@H](C)CN4C3)c2c1. The van der Waals surface area contributed by atoms with E-state index in [0.717, 1.165) is 37.1 Å². The first-order chi connectivity index (χ1) is 12.0. The topological polar surface area (TPSA) is 74.4 Å². The van der Waals surface area contributed by atoms with E-state index in [1.807, 2.05) is 25.1 Å². The van der Waals surface area contributed by atoms with E-state index in [1.165, 1.54) is 6.07 Å². The number of H-pyrrole nitrogens is 1. The standard InChI is InChI=1S/C19H23N3O3/c1-11-3-4-17-15(5-11)16(7-18(23)21-17)19(24)20-13-6-14-10-25-12(2)8-22(14)9-13/h3-5,7,12-14H,6,8-10H2,1-2H3,(H,20,24)(H,21,23)/t12-,13-,14-/m0/s1. The molecule has 2 aliphatic rings. The summed E-state index contributed by atoms with van der Waals surface area (Å²) in [6.45, 7) is 6.52. The van der Waals surface area contributed by atoms with E-state index in [1.54, 1.807) is 0 Å². The zero-order valence-corrected chi connectivity index (χ0v) is 14.5. The van der Waals surface area contributed by atoms with Crippen LogP contribution in [0, 0.1) is 6.92 Å². The van der Waals surface area contributed by atoms with Crippen LogP contribution in [0.15, 0.2) is 29.1 Å². The van der Waals surface area contributed by atoms with Crippen LogP contribution in [0.2, 0.25) is 0 Å². The van der Waals surface area contributed by atoms with E-state index < -0.39 is 0 Å². The number of amides is 1. The number of carbonyl (C=O) groups excluding carboxylic acids is 1. The van der Waals surface area contributed by atoms with E-state index in [4.69, 9.17) is 4.74 Å². The van der Waals surface area contributed by atoms with Crippen molar-refractivity contribution >= 4 is 16.8 Å². The van der Waals surface area contributed by atoms with Crippen molar-refractivity contribution in [2.75, 3.05) is 19.7 Å². The molecule has 132 valence electrons. The number of benzene rings is 1. The van der Waals surface area contributed by atoms with Crippen molar-refractivity contribution in [1.82, 2.24) is 15.2 Å². The van der Waals surface area contributed by atoms with Crippen LogP contribution in [0.5, 0.6) is 0 Å². The van der Waals surface area contributed by atoms with Gasteiger partial charge in [0, 0.05) is 42.1 Å². The minimum atomic E-state index is -0.257. The average Bonchev–Trinajstić information content (AvgIpc) is 2.95. The number of hydrogen-bond acceptors (Lipinski definition) is 4. The molecular formula is C19H23N3O3. The third-order valence-electron chi connectivity index (χ3n) is 5.17. The summed E-state index contributed by atoms with van der Waals surface area (Å²) in [7, 11) is 0. The van der Waals surface area contributed by atoms with Gasteiger partial charge in [0.15, 0.2) is 0 Å². The van der Waals surface area contributed by atoms with E-state index in [-0.39, 0.29) is 23.6 Å². The molecule has 1 aromatic heterocycles. The van der Waals surface area contributed by atoms with Crippen molar-refractivity contribution in [3.63, 3.8) is 0 Å². The van der Waals surface area contributed by atoms with Gasteiger partial charge in [0.05, 0.1) is 18.3 Å². The lowest BCUT2D eigenvalue weighted by Gasteiger charge is -2.33. The second kappa shape index (κ2) is 6.28. The molecule has 2 N–H and O–H groups in total. The van der Waals surface area contributed by atoms with Gasteiger partial charge in [0.25, 0.3) is 5.91 Å². The predicted molar refractivity (Wildman–Crippen MR) is 96.0 cm³/mol. The number of aryl methyl sites for hydroxylation is 1.